The number of nitrogens with one attached hydrogen (secondary N) is 1. The van der Waals surface area contributed by atoms with E-state index in [-0.39, 0.29) is 18.1 Å². The number of rotatable bonds is 5. The molecule has 7 heteroatoms. The summed E-state index contributed by atoms with van der Waals surface area (Å²) in [4.78, 5) is 19.0. The van der Waals surface area contributed by atoms with Crippen molar-refractivity contribution in [3.05, 3.63) is 46.9 Å². The van der Waals surface area contributed by atoms with Crippen molar-refractivity contribution in [2.75, 3.05) is 12.4 Å². The lowest BCUT2D eigenvalue weighted by Gasteiger charge is -2.08. The molecular weight excluding hydrogens is 282 g/mol. The van der Waals surface area contributed by atoms with Gasteiger partial charge in [-0.15, -0.1) is 0 Å². The van der Waals surface area contributed by atoms with Gasteiger partial charge in [-0.05, 0) is 12.1 Å². The van der Waals surface area contributed by atoms with Gasteiger partial charge in [-0.1, -0.05) is 23.7 Å². The molecule has 6 nitrogen and oxygen atoms in total. The molecule has 0 amide bonds. The van der Waals surface area contributed by atoms with Crippen LogP contribution in [0.15, 0.2) is 30.3 Å². The first-order chi connectivity index (χ1) is 9.60. The minimum atomic E-state index is -1.12. The first-order valence-corrected chi connectivity index (χ1v) is 6.14. The number of anilines is 1. The van der Waals surface area contributed by atoms with Crippen molar-refractivity contribution in [2.24, 2.45) is 0 Å². The van der Waals surface area contributed by atoms with Crippen molar-refractivity contribution >= 4 is 23.4 Å². The van der Waals surface area contributed by atoms with Crippen LogP contribution in [-0.4, -0.2) is 28.1 Å². The van der Waals surface area contributed by atoms with Gasteiger partial charge in [-0.3, -0.25) is 0 Å². The van der Waals surface area contributed by atoms with Gasteiger partial charge >= 0.3 is 5.97 Å². The Morgan fingerprint density at radius 1 is 1.40 bits per heavy atom. The molecule has 0 saturated heterocycles. The Kier molecular flexibility index (Phi) is 4.37. The van der Waals surface area contributed by atoms with E-state index in [0.717, 1.165) is 0 Å². The minimum absolute atomic E-state index is 0.0273. The Balaban J connectivity index is 2.19. The SMILES string of the molecule is CNc1cc(C(=O)O)nc(COc2ccccc2Cl)n1. The maximum absolute atomic E-state index is 11.0. The number of ether oxygens (including phenoxy) is 1. The van der Waals surface area contributed by atoms with E-state index in [1.807, 2.05) is 0 Å². The molecule has 0 radical (unpaired) electrons. The van der Waals surface area contributed by atoms with E-state index in [1.54, 1.807) is 31.3 Å². The van der Waals surface area contributed by atoms with Crippen LogP contribution in [0.1, 0.15) is 16.3 Å². The van der Waals surface area contributed by atoms with Gasteiger partial charge < -0.3 is 15.2 Å². The maximum Gasteiger partial charge on any atom is 0.354 e. The van der Waals surface area contributed by atoms with Crippen LogP contribution in [0, 0.1) is 0 Å². The quantitative estimate of drug-likeness (QED) is 0.881. The van der Waals surface area contributed by atoms with E-state index < -0.39 is 5.97 Å². The summed E-state index contributed by atoms with van der Waals surface area (Å²) in [5, 5.41) is 12.2. The summed E-state index contributed by atoms with van der Waals surface area (Å²) in [5.41, 5.74) is -0.0953. The molecule has 0 atom stereocenters. The van der Waals surface area contributed by atoms with Crippen LogP contribution in [0.25, 0.3) is 0 Å². The number of carboxylic acids is 1. The standard InChI is InChI=1S/C13H12ClN3O3/c1-15-11-6-9(13(18)19)16-12(17-11)7-20-10-5-3-2-4-8(10)14/h2-6H,7H2,1H3,(H,18,19)(H,15,16,17). The van der Waals surface area contributed by atoms with E-state index in [4.69, 9.17) is 21.4 Å². The van der Waals surface area contributed by atoms with Crippen LogP contribution in [0.5, 0.6) is 5.75 Å². The first-order valence-electron chi connectivity index (χ1n) is 5.76. The predicted octanol–water partition coefficient (Wildman–Crippen LogP) is 2.45. The molecule has 1 aromatic heterocycles. The number of carboxylic acid groups (broad SMARTS) is 1. The number of para-hydroxylation sites is 1. The van der Waals surface area contributed by atoms with E-state index >= 15 is 0 Å². The average molecular weight is 294 g/mol. The topological polar surface area (TPSA) is 84.3 Å². The summed E-state index contributed by atoms with van der Waals surface area (Å²) in [5.74, 6) is 0.0386. The highest BCUT2D eigenvalue weighted by Gasteiger charge is 2.10. The smallest absolute Gasteiger partial charge is 0.354 e. The Bertz CT molecular complexity index is 634. The fraction of sp³-hybridized carbons (Fsp3) is 0.154. The van der Waals surface area contributed by atoms with E-state index in [0.29, 0.717) is 16.6 Å². The number of hydrogen-bond acceptors (Lipinski definition) is 5. The highest BCUT2D eigenvalue weighted by Crippen LogP contribution is 2.23. The molecule has 0 fully saturated rings. The lowest BCUT2D eigenvalue weighted by molar-refractivity contribution is 0.0689. The molecular formula is C13H12ClN3O3. The van der Waals surface area contributed by atoms with Gasteiger partial charge in [0.15, 0.2) is 11.5 Å². The zero-order valence-corrected chi connectivity index (χ0v) is 11.4. The van der Waals surface area contributed by atoms with Crippen LogP contribution >= 0.6 is 11.6 Å². The molecule has 104 valence electrons. The van der Waals surface area contributed by atoms with Crippen molar-refractivity contribution in [3.63, 3.8) is 0 Å². The summed E-state index contributed by atoms with van der Waals surface area (Å²) >= 11 is 5.96. The monoisotopic (exact) mass is 293 g/mol. The Labute approximate surface area is 120 Å². The van der Waals surface area contributed by atoms with Gasteiger partial charge in [0.1, 0.15) is 18.2 Å². The zero-order chi connectivity index (χ0) is 14.5. The number of nitrogens with zero attached hydrogens (tertiary/aromatic N) is 2. The molecule has 2 N–H and O–H groups in total. The second kappa shape index (κ2) is 6.21. The third-order valence-electron chi connectivity index (χ3n) is 2.44. The molecule has 0 saturated carbocycles. The largest absolute Gasteiger partial charge is 0.484 e. The van der Waals surface area contributed by atoms with Gasteiger partial charge in [0.05, 0.1) is 5.02 Å². The summed E-state index contributed by atoms with van der Waals surface area (Å²) in [7, 11) is 1.65. The van der Waals surface area contributed by atoms with Crippen LogP contribution in [-0.2, 0) is 6.61 Å². The van der Waals surface area contributed by atoms with Gasteiger partial charge in [0.2, 0.25) is 0 Å². The summed E-state index contributed by atoms with van der Waals surface area (Å²) in [6.07, 6.45) is 0. The van der Waals surface area contributed by atoms with Crippen LogP contribution in [0.3, 0.4) is 0 Å². The normalized spacial score (nSPS) is 10.1. The fourth-order valence-electron chi connectivity index (χ4n) is 1.50. The summed E-state index contributed by atoms with van der Waals surface area (Å²) in [6, 6.07) is 8.33. The van der Waals surface area contributed by atoms with Crippen molar-refractivity contribution < 1.29 is 14.6 Å². The minimum Gasteiger partial charge on any atom is -0.484 e. The van der Waals surface area contributed by atoms with Crippen molar-refractivity contribution in [2.45, 2.75) is 6.61 Å². The zero-order valence-electron chi connectivity index (χ0n) is 10.6. The van der Waals surface area contributed by atoms with Crippen LogP contribution in [0.2, 0.25) is 5.02 Å². The Morgan fingerprint density at radius 2 is 2.15 bits per heavy atom. The van der Waals surface area contributed by atoms with Crippen LogP contribution < -0.4 is 10.1 Å². The van der Waals surface area contributed by atoms with Gasteiger partial charge in [-0.2, -0.15) is 0 Å². The third kappa shape index (κ3) is 3.36. The second-order valence-electron chi connectivity index (χ2n) is 3.83. The van der Waals surface area contributed by atoms with Crippen molar-refractivity contribution in [3.8, 4) is 5.75 Å². The molecule has 0 aliphatic carbocycles. The number of halogens is 1. The number of hydrogen-bond donors (Lipinski definition) is 2. The Morgan fingerprint density at radius 3 is 2.80 bits per heavy atom. The first kappa shape index (κ1) is 14.1. The van der Waals surface area contributed by atoms with Gasteiger partial charge in [0.25, 0.3) is 0 Å². The Hall–Kier alpha value is -2.34. The molecule has 0 unspecified atom stereocenters. The number of aromatic nitrogens is 2. The fourth-order valence-corrected chi connectivity index (χ4v) is 1.69. The van der Waals surface area contributed by atoms with Crippen molar-refractivity contribution in [1.82, 2.24) is 9.97 Å². The maximum atomic E-state index is 11.0. The lowest BCUT2D eigenvalue weighted by Crippen LogP contribution is -2.10. The molecule has 0 spiro atoms. The van der Waals surface area contributed by atoms with Crippen molar-refractivity contribution in [1.29, 1.82) is 0 Å². The van der Waals surface area contributed by atoms with Crippen LogP contribution in [0.4, 0.5) is 5.82 Å². The molecule has 20 heavy (non-hydrogen) atoms. The number of aromatic carboxylic acids is 1. The van der Waals surface area contributed by atoms with Gasteiger partial charge in [-0.25, -0.2) is 14.8 Å². The molecule has 0 aliphatic heterocycles. The molecule has 2 rings (SSSR count). The molecule has 0 aliphatic rings. The predicted molar refractivity (Wildman–Crippen MR) is 74.3 cm³/mol. The van der Waals surface area contributed by atoms with E-state index in [1.165, 1.54) is 6.07 Å². The highest BCUT2D eigenvalue weighted by molar-refractivity contribution is 6.32. The third-order valence-corrected chi connectivity index (χ3v) is 2.75. The van der Waals surface area contributed by atoms with E-state index in [9.17, 15) is 4.79 Å². The van der Waals surface area contributed by atoms with Gasteiger partial charge in [0, 0.05) is 13.1 Å². The molecule has 0 bridgehead atoms. The number of benzene rings is 1. The summed E-state index contributed by atoms with van der Waals surface area (Å²) in [6.45, 7) is 0.0273. The van der Waals surface area contributed by atoms with E-state index in [2.05, 4.69) is 15.3 Å². The molecule has 1 heterocycles. The second-order valence-corrected chi connectivity index (χ2v) is 4.24. The summed E-state index contributed by atoms with van der Waals surface area (Å²) < 4.78 is 5.48. The number of carbonyl (C=O) groups is 1. The lowest BCUT2D eigenvalue weighted by atomic mass is 10.3. The average Bonchev–Trinajstić information content (AvgIpc) is 2.46. The highest BCUT2D eigenvalue weighted by atomic mass is 35.5. The molecule has 2 aromatic rings. The molecule has 1 aromatic carbocycles.